The molecule has 8 nitrogen and oxygen atoms in total. The number of fused-ring (bicyclic) bond motifs is 3. The Morgan fingerprint density at radius 1 is 1.15 bits per heavy atom. The van der Waals surface area contributed by atoms with E-state index in [1.165, 1.54) is 4.90 Å². The Kier molecular flexibility index (Phi) is 6.88. The molecule has 1 aliphatic carbocycles. The Morgan fingerprint density at radius 3 is 2.32 bits per heavy atom. The van der Waals surface area contributed by atoms with Crippen LogP contribution in [0.3, 0.4) is 0 Å². The van der Waals surface area contributed by atoms with Crippen molar-refractivity contribution in [3.63, 3.8) is 0 Å². The Morgan fingerprint density at radius 2 is 1.76 bits per heavy atom. The van der Waals surface area contributed by atoms with Crippen molar-refractivity contribution in [2.45, 2.75) is 31.7 Å². The summed E-state index contributed by atoms with van der Waals surface area (Å²) in [5.74, 6) is -1.78. The maximum Gasteiger partial charge on any atom is 0.407 e. The predicted octanol–water partition coefficient (Wildman–Crippen LogP) is 3.25. The van der Waals surface area contributed by atoms with E-state index in [9.17, 15) is 19.5 Å². The molecule has 0 aromatic heterocycles. The molecule has 2 N–H and O–H groups in total. The summed E-state index contributed by atoms with van der Waals surface area (Å²) in [6.07, 6.45) is -0.528. The molecule has 2 aliphatic rings. The summed E-state index contributed by atoms with van der Waals surface area (Å²) in [5, 5.41) is 11.8. The minimum absolute atomic E-state index is 0.0824. The third-order valence-electron chi connectivity index (χ3n) is 6.61. The molecule has 2 unspecified atom stereocenters. The number of hydrogen-bond acceptors (Lipinski definition) is 5. The number of amides is 2. The molecule has 0 saturated carbocycles. The van der Waals surface area contributed by atoms with Crippen LogP contribution in [0.2, 0.25) is 0 Å². The predicted molar refractivity (Wildman–Crippen MR) is 125 cm³/mol. The quantitative estimate of drug-likeness (QED) is 0.619. The van der Waals surface area contributed by atoms with E-state index in [2.05, 4.69) is 5.32 Å². The van der Waals surface area contributed by atoms with Gasteiger partial charge in [-0.25, -0.2) is 4.79 Å². The fourth-order valence-electron chi connectivity index (χ4n) is 4.91. The minimum Gasteiger partial charge on any atom is -0.481 e. The molecule has 0 radical (unpaired) electrons. The second kappa shape index (κ2) is 9.85. The molecule has 2 aromatic rings. The number of nitrogens with zero attached hydrogens (tertiary/aromatic N) is 1. The Hall–Kier alpha value is -3.39. The van der Waals surface area contributed by atoms with Crippen LogP contribution in [0.4, 0.5) is 4.79 Å². The van der Waals surface area contributed by atoms with Gasteiger partial charge in [0.25, 0.3) is 0 Å². The summed E-state index contributed by atoms with van der Waals surface area (Å²) in [5.41, 5.74) is 4.17. The fraction of sp³-hybridized carbons (Fsp3) is 0.423. The lowest BCUT2D eigenvalue weighted by atomic mass is 9.89. The molecule has 1 heterocycles. The maximum absolute atomic E-state index is 13.0. The highest BCUT2D eigenvalue weighted by Crippen LogP contribution is 2.44. The molecule has 34 heavy (non-hydrogen) atoms. The van der Waals surface area contributed by atoms with Gasteiger partial charge < -0.3 is 24.8 Å². The van der Waals surface area contributed by atoms with Crippen molar-refractivity contribution in [2.75, 3.05) is 33.4 Å². The average molecular weight is 467 g/mol. The normalized spacial score (nSPS) is 19.7. The monoisotopic (exact) mass is 466 g/mol. The standard InChI is InChI=1S/C26H30N2O6/c1-26(11-12-33-16-26)15-28(2)24(31)22(13-23(29)30)27-25(32)34-14-21-19-9-5-3-7-17(19)18-8-4-6-10-20(18)21/h3-10,21-22H,11-16H2,1-2H3,(H,27,32)(H,29,30). The Bertz CT molecular complexity index is 1030. The average Bonchev–Trinajstić information content (AvgIpc) is 3.37. The third-order valence-corrected chi connectivity index (χ3v) is 6.61. The van der Waals surface area contributed by atoms with Crippen LogP contribution < -0.4 is 5.32 Å². The first kappa shape index (κ1) is 23.8. The van der Waals surface area contributed by atoms with Crippen LogP contribution in [0.5, 0.6) is 0 Å². The zero-order valence-electron chi connectivity index (χ0n) is 19.5. The highest BCUT2D eigenvalue weighted by molar-refractivity contribution is 5.89. The molecule has 4 rings (SSSR count). The van der Waals surface area contributed by atoms with Crippen LogP contribution in [0.25, 0.3) is 11.1 Å². The van der Waals surface area contributed by atoms with Crippen LogP contribution in [-0.4, -0.2) is 67.4 Å². The van der Waals surface area contributed by atoms with Gasteiger partial charge in [-0.05, 0) is 28.7 Å². The van der Waals surface area contributed by atoms with E-state index in [-0.39, 0.29) is 17.9 Å². The van der Waals surface area contributed by atoms with Crippen molar-refractivity contribution in [3.05, 3.63) is 59.7 Å². The second-order valence-electron chi connectivity index (χ2n) is 9.43. The van der Waals surface area contributed by atoms with E-state index in [1.54, 1.807) is 7.05 Å². The number of hydrogen-bond donors (Lipinski definition) is 2. The summed E-state index contributed by atoms with van der Waals surface area (Å²) in [6.45, 7) is 3.69. The minimum atomic E-state index is -1.22. The molecule has 8 heteroatoms. The maximum atomic E-state index is 13.0. The highest BCUT2D eigenvalue weighted by Gasteiger charge is 2.35. The van der Waals surface area contributed by atoms with Gasteiger partial charge in [-0.15, -0.1) is 0 Å². The number of carboxylic acids is 1. The molecule has 1 aliphatic heterocycles. The Labute approximate surface area is 198 Å². The molecular weight excluding hydrogens is 436 g/mol. The number of ether oxygens (including phenoxy) is 2. The molecule has 0 bridgehead atoms. The van der Waals surface area contributed by atoms with Crippen molar-refractivity contribution < 1.29 is 29.0 Å². The topological polar surface area (TPSA) is 105 Å². The van der Waals surface area contributed by atoms with E-state index < -0.39 is 30.4 Å². The zero-order chi connectivity index (χ0) is 24.3. The first-order chi connectivity index (χ1) is 16.3. The van der Waals surface area contributed by atoms with Crippen molar-refractivity contribution >= 4 is 18.0 Å². The number of aliphatic carboxylic acids is 1. The lowest BCUT2D eigenvalue weighted by molar-refractivity contribution is -0.142. The van der Waals surface area contributed by atoms with Gasteiger partial charge in [0, 0.05) is 31.5 Å². The van der Waals surface area contributed by atoms with E-state index in [4.69, 9.17) is 9.47 Å². The molecule has 2 aromatic carbocycles. The summed E-state index contributed by atoms with van der Waals surface area (Å²) in [6, 6.07) is 14.7. The molecule has 1 fully saturated rings. The highest BCUT2D eigenvalue weighted by atomic mass is 16.5. The SMILES string of the molecule is CN(CC1(C)CCOC1)C(=O)C(CC(=O)O)NC(=O)OCC1c2ccccc2-c2ccccc21. The largest absolute Gasteiger partial charge is 0.481 e. The van der Waals surface area contributed by atoms with E-state index in [0.29, 0.717) is 19.8 Å². The fourth-order valence-corrected chi connectivity index (χ4v) is 4.91. The smallest absolute Gasteiger partial charge is 0.407 e. The van der Waals surface area contributed by atoms with Gasteiger partial charge >= 0.3 is 12.1 Å². The molecule has 180 valence electrons. The van der Waals surface area contributed by atoms with E-state index in [1.807, 2.05) is 55.5 Å². The number of carbonyl (C=O) groups is 3. The zero-order valence-corrected chi connectivity index (χ0v) is 19.5. The molecular formula is C26H30N2O6. The second-order valence-corrected chi connectivity index (χ2v) is 9.43. The molecule has 2 atom stereocenters. The third kappa shape index (κ3) is 5.07. The number of nitrogens with one attached hydrogen (secondary N) is 1. The summed E-state index contributed by atoms with van der Waals surface area (Å²) >= 11 is 0. The lowest BCUT2D eigenvalue weighted by Crippen LogP contribution is -2.50. The van der Waals surface area contributed by atoms with Crippen molar-refractivity contribution in [2.24, 2.45) is 5.41 Å². The first-order valence-electron chi connectivity index (χ1n) is 11.4. The van der Waals surface area contributed by atoms with Crippen LogP contribution in [0.1, 0.15) is 36.8 Å². The van der Waals surface area contributed by atoms with Crippen LogP contribution in [0.15, 0.2) is 48.5 Å². The van der Waals surface area contributed by atoms with E-state index >= 15 is 0 Å². The number of likely N-dealkylation sites (N-methyl/N-ethyl adjacent to an activating group) is 1. The first-order valence-corrected chi connectivity index (χ1v) is 11.4. The van der Waals surface area contributed by atoms with E-state index in [0.717, 1.165) is 28.7 Å². The van der Waals surface area contributed by atoms with Gasteiger partial charge in [0.1, 0.15) is 12.6 Å². The molecule has 1 saturated heterocycles. The Balaban J connectivity index is 1.41. The van der Waals surface area contributed by atoms with Gasteiger partial charge in [0.05, 0.1) is 13.0 Å². The van der Waals surface area contributed by atoms with Gasteiger partial charge in [-0.2, -0.15) is 0 Å². The van der Waals surface area contributed by atoms with Crippen molar-refractivity contribution in [1.29, 1.82) is 0 Å². The number of carboxylic acid groups (broad SMARTS) is 1. The van der Waals surface area contributed by atoms with Gasteiger partial charge in [0.2, 0.25) is 5.91 Å². The number of rotatable bonds is 8. The molecule has 0 spiro atoms. The van der Waals surface area contributed by atoms with Gasteiger partial charge in [-0.3, -0.25) is 9.59 Å². The molecule has 2 amide bonds. The van der Waals surface area contributed by atoms with Crippen molar-refractivity contribution in [3.8, 4) is 11.1 Å². The lowest BCUT2D eigenvalue weighted by Gasteiger charge is -2.31. The number of carbonyl (C=O) groups excluding carboxylic acids is 2. The summed E-state index contributed by atoms with van der Waals surface area (Å²) in [7, 11) is 1.61. The van der Waals surface area contributed by atoms with Gasteiger partial charge in [0.15, 0.2) is 0 Å². The summed E-state index contributed by atoms with van der Waals surface area (Å²) < 4.78 is 10.9. The van der Waals surface area contributed by atoms with Crippen molar-refractivity contribution in [1.82, 2.24) is 10.2 Å². The van der Waals surface area contributed by atoms with Gasteiger partial charge in [-0.1, -0.05) is 55.5 Å². The van der Waals surface area contributed by atoms with Crippen LogP contribution in [-0.2, 0) is 19.1 Å². The van der Waals surface area contributed by atoms with Crippen LogP contribution >= 0.6 is 0 Å². The summed E-state index contributed by atoms with van der Waals surface area (Å²) in [4.78, 5) is 38.5. The number of benzene rings is 2. The van der Waals surface area contributed by atoms with Crippen LogP contribution in [0, 0.1) is 5.41 Å². The number of alkyl carbamates (subject to hydrolysis) is 1.